The molecular formula is C21H32O. The largest absolute Gasteiger partial charge is 0.393 e. The van der Waals surface area contributed by atoms with Crippen LogP contribution in [0.4, 0.5) is 0 Å². The van der Waals surface area contributed by atoms with Gasteiger partial charge in [0.1, 0.15) is 0 Å². The number of rotatable bonds is 1. The molecule has 1 N–H and O–H groups in total. The fourth-order valence-corrected chi connectivity index (χ4v) is 7.08. The Kier molecular flexibility index (Phi) is 3.39. The van der Waals surface area contributed by atoms with Gasteiger partial charge >= 0.3 is 0 Å². The molecule has 0 bridgehead atoms. The molecule has 0 radical (unpaired) electrons. The van der Waals surface area contributed by atoms with Gasteiger partial charge in [-0.3, -0.25) is 0 Å². The molecule has 1 heteroatoms. The quantitative estimate of drug-likeness (QED) is 0.655. The van der Waals surface area contributed by atoms with Crippen LogP contribution in [0.5, 0.6) is 0 Å². The Morgan fingerprint density at radius 3 is 2.82 bits per heavy atom. The smallest absolute Gasteiger partial charge is 0.0587 e. The Morgan fingerprint density at radius 2 is 2.05 bits per heavy atom. The van der Waals surface area contributed by atoms with Crippen LogP contribution in [-0.2, 0) is 0 Å². The summed E-state index contributed by atoms with van der Waals surface area (Å²) in [5, 5.41) is 11.2. The standard InChI is InChI=1S/C21H32O/c1-4-14-9-11-17-16-10-8-15-7-5-6-12-20(15,2)19(16)18(22)13-21(14,17)3/h7,9,16-19,22H,4-6,8,10-13H2,1-3H3/t16-,17-,18+,19+,20-,21+/m0/s1. The van der Waals surface area contributed by atoms with Gasteiger partial charge in [0, 0.05) is 0 Å². The van der Waals surface area contributed by atoms with Crippen LogP contribution in [0.3, 0.4) is 0 Å². The molecule has 22 heavy (non-hydrogen) atoms. The molecule has 122 valence electrons. The first kappa shape index (κ1) is 15.0. The zero-order valence-corrected chi connectivity index (χ0v) is 14.6. The molecule has 4 rings (SSSR count). The fourth-order valence-electron chi connectivity index (χ4n) is 7.08. The van der Waals surface area contributed by atoms with Gasteiger partial charge in [0.25, 0.3) is 0 Å². The SMILES string of the molecule is CCC1=CC[C@H]2[C@@H]3CCC4=CCCC[C@]4(C)[C@H]3[C@H](O)C[C@]12C. The number of allylic oxidation sites excluding steroid dienone is 4. The minimum Gasteiger partial charge on any atom is -0.393 e. The van der Waals surface area contributed by atoms with Crippen molar-refractivity contribution in [3.05, 3.63) is 23.3 Å². The van der Waals surface area contributed by atoms with Gasteiger partial charge in [0.2, 0.25) is 0 Å². The molecule has 6 atom stereocenters. The predicted molar refractivity (Wildman–Crippen MR) is 91.5 cm³/mol. The van der Waals surface area contributed by atoms with Crippen LogP contribution in [0.15, 0.2) is 23.3 Å². The van der Waals surface area contributed by atoms with Gasteiger partial charge in [0.15, 0.2) is 0 Å². The van der Waals surface area contributed by atoms with E-state index < -0.39 is 0 Å². The lowest BCUT2D eigenvalue weighted by atomic mass is 9.46. The third-order valence-corrected chi connectivity index (χ3v) is 8.08. The maximum atomic E-state index is 11.2. The summed E-state index contributed by atoms with van der Waals surface area (Å²) in [5.41, 5.74) is 3.88. The summed E-state index contributed by atoms with van der Waals surface area (Å²) < 4.78 is 0. The molecular weight excluding hydrogens is 268 g/mol. The highest BCUT2D eigenvalue weighted by Crippen LogP contribution is 2.65. The van der Waals surface area contributed by atoms with E-state index in [9.17, 15) is 5.11 Å². The first-order valence-electron chi connectivity index (χ1n) is 9.58. The zero-order chi connectivity index (χ0) is 15.5. The summed E-state index contributed by atoms with van der Waals surface area (Å²) >= 11 is 0. The van der Waals surface area contributed by atoms with Crippen LogP contribution in [0.2, 0.25) is 0 Å². The van der Waals surface area contributed by atoms with Crippen LogP contribution >= 0.6 is 0 Å². The van der Waals surface area contributed by atoms with Gasteiger partial charge < -0.3 is 5.11 Å². The van der Waals surface area contributed by atoms with E-state index in [4.69, 9.17) is 0 Å². The van der Waals surface area contributed by atoms with Crippen molar-refractivity contribution in [3.63, 3.8) is 0 Å². The summed E-state index contributed by atoms with van der Waals surface area (Å²) in [6, 6.07) is 0. The van der Waals surface area contributed by atoms with Crippen molar-refractivity contribution in [2.45, 2.75) is 78.2 Å². The molecule has 2 fully saturated rings. The van der Waals surface area contributed by atoms with E-state index in [0.717, 1.165) is 18.3 Å². The second-order valence-corrected chi connectivity index (χ2v) is 8.88. The zero-order valence-electron chi connectivity index (χ0n) is 14.6. The van der Waals surface area contributed by atoms with Gasteiger partial charge in [0.05, 0.1) is 6.10 Å². The van der Waals surface area contributed by atoms with E-state index in [-0.39, 0.29) is 16.9 Å². The highest BCUT2D eigenvalue weighted by molar-refractivity contribution is 5.30. The van der Waals surface area contributed by atoms with E-state index >= 15 is 0 Å². The Balaban J connectivity index is 1.72. The van der Waals surface area contributed by atoms with Crippen molar-refractivity contribution in [3.8, 4) is 0 Å². The summed E-state index contributed by atoms with van der Waals surface area (Å²) in [4.78, 5) is 0. The minimum atomic E-state index is -0.105. The van der Waals surface area contributed by atoms with Gasteiger partial charge in [-0.05, 0) is 80.0 Å². The molecule has 0 saturated heterocycles. The maximum Gasteiger partial charge on any atom is 0.0587 e. The van der Waals surface area contributed by atoms with Crippen molar-refractivity contribution in [2.24, 2.45) is 28.6 Å². The number of aliphatic hydroxyl groups excluding tert-OH is 1. The van der Waals surface area contributed by atoms with Crippen LogP contribution in [-0.4, -0.2) is 11.2 Å². The summed E-state index contributed by atoms with van der Waals surface area (Å²) in [5.74, 6) is 2.03. The van der Waals surface area contributed by atoms with E-state index in [1.54, 1.807) is 11.1 Å². The number of hydrogen-bond acceptors (Lipinski definition) is 1. The summed E-state index contributed by atoms with van der Waals surface area (Å²) in [7, 11) is 0. The number of aliphatic hydroxyl groups is 1. The monoisotopic (exact) mass is 300 g/mol. The van der Waals surface area contributed by atoms with Gasteiger partial charge in [-0.25, -0.2) is 0 Å². The molecule has 0 aromatic heterocycles. The molecule has 4 aliphatic rings. The van der Waals surface area contributed by atoms with Crippen molar-refractivity contribution in [2.75, 3.05) is 0 Å². The first-order valence-corrected chi connectivity index (χ1v) is 9.58. The maximum absolute atomic E-state index is 11.2. The molecule has 0 aromatic carbocycles. The van der Waals surface area contributed by atoms with Crippen LogP contribution in [0, 0.1) is 28.6 Å². The second kappa shape index (κ2) is 4.97. The van der Waals surface area contributed by atoms with Crippen molar-refractivity contribution in [1.29, 1.82) is 0 Å². The summed E-state index contributed by atoms with van der Waals surface area (Å²) in [6.07, 6.45) is 14.9. The average Bonchev–Trinajstić information content (AvgIpc) is 2.82. The first-order chi connectivity index (χ1) is 10.5. The Labute approximate surface area is 135 Å². The lowest BCUT2D eigenvalue weighted by Crippen LogP contribution is -2.55. The Bertz CT molecular complexity index is 530. The topological polar surface area (TPSA) is 20.2 Å². The van der Waals surface area contributed by atoms with E-state index in [2.05, 4.69) is 32.9 Å². The highest BCUT2D eigenvalue weighted by Gasteiger charge is 2.59. The lowest BCUT2D eigenvalue weighted by Gasteiger charge is -2.59. The van der Waals surface area contributed by atoms with E-state index in [0.29, 0.717) is 5.92 Å². The van der Waals surface area contributed by atoms with Crippen molar-refractivity contribution in [1.82, 2.24) is 0 Å². The highest BCUT2D eigenvalue weighted by atomic mass is 16.3. The Morgan fingerprint density at radius 1 is 1.23 bits per heavy atom. The number of hydrogen-bond donors (Lipinski definition) is 1. The van der Waals surface area contributed by atoms with Crippen LogP contribution in [0.25, 0.3) is 0 Å². The predicted octanol–water partition coefficient (Wildman–Crippen LogP) is 5.26. The van der Waals surface area contributed by atoms with Crippen molar-refractivity contribution < 1.29 is 5.11 Å². The van der Waals surface area contributed by atoms with E-state index in [1.807, 2.05) is 0 Å². The van der Waals surface area contributed by atoms with E-state index in [1.165, 1.54) is 44.9 Å². The molecule has 0 spiro atoms. The molecule has 1 nitrogen and oxygen atoms in total. The van der Waals surface area contributed by atoms with Crippen LogP contribution in [0.1, 0.15) is 72.1 Å². The second-order valence-electron chi connectivity index (χ2n) is 8.88. The molecule has 0 aromatic rings. The normalized spacial score (nSPS) is 50.5. The average molecular weight is 300 g/mol. The fraction of sp³-hybridized carbons (Fsp3) is 0.810. The van der Waals surface area contributed by atoms with Gasteiger partial charge in [-0.2, -0.15) is 0 Å². The third-order valence-electron chi connectivity index (χ3n) is 8.08. The molecule has 2 saturated carbocycles. The lowest BCUT2D eigenvalue weighted by molar-refractivity contribution is -0.112. The summed E-state index contributed by atoms with van der Waals surface area (Å²) in [6.45, 7) is 7.22. The molecule has 0 aliphatic heterocycles. The van der Waals surface area contributed by atoms with Gasteiger partial charge in [-0.1, -0.05) is 44.1 Å². The van der Waals surface area contributed by atoms with Crippen molar-refractivity contribution >= 4 is 0 Å². The van der Waals surface area contributed by atoms with Crippen LogP contribution < -0.4 is 0 Å². The molecule has 4 aliphatic carbocycles. The third kappa shape index (κ3) is 1.81. The Hall–Kier alpha value is -0.560. The van der Waals surface area contributed by atoms with Gasteiger partial charge in [-0.15, -0.1) is 0 Å². The molecule has 0 amide bonds. The molecule has 0 unspecified atom stereocenters. The number of fused-ring (bicyclic) bond motifs is 5. The minimum absolute atomic E-state index is 0.105. The molecule has 0 heterocycles.